The molecular weight excluding hydrogens is 364 g/mol. The van der Waals surface area contributed by atoms with Gasteiger partial charge in [0.15, 0.2) is 11.5 Å². The molecule has 1 heterocycles. The molecular formula is C24H24N2O3. The molecule has 1 amide bonds. The molecule has 0 saturated carbocycles. The highest BCUT2D eigenvalue weighted by Crippen LogP contribution is 2.32. The topological polar surface area (TPSA) is 60.5 Å². The van der Waals surface area contributed by atoms with Gasteiger partial charge in [0, 0.05) is 23.5 Å². The molecule has 0 fully saturated rings. The van der Waals surface area contributed by atoms with Crippen molar-refractivity contribution in [1.29, 1.82) is 0 Å². The van der Waals surface area contributed by atoms with E-state index < -0.39 is 0 Å². The number of hydrogen-bond donors (Lipinski definition) is 1. The number of amides is 1. The summed E-state index contributed by atoms with van der Waals surface area (Å²) in [6, 6.07) is 17.5. The molecule has 3 aromatic rings. The second-order valence-electron chi connectivity index (χ2n) is 7.01. The summed E-state index contributed by atoms with van der Waals surface area (Å²) < 4.78 is 11.6. The van der Waals surface area contributed by atoms with Crippen LogP contribution in [0.3, 0.4) is 0 Å². The van der Waals surface area contributed by atoms with E-state index in [0.717, 1.165) is 18.4 Å². The van der Waals surface area contributed by atoms with Crippen molar-refractivity contribution < 1.29 is 14.3 Å². The molecule has 5 nitrogen and oxygen atoms in total. The van der Waals surface area contributed by atoms with Crippen molar-refractivity contribution in [3.63, 3.8) is 0 Å². The van der Waals surface area contributed by atoms with E-state index in [1.54, 1.807) is 30.6 Å². The lowest BCUT2D eigenvalue weighted by atomic mass is 10.1. The van der Waals surface area contributed by atoms with E-state index in [-0.39, 0.29) is 11.9 Å². The first-order valence-corrected chi connectivity index (χ1v) is 9.92. The maximum atomic E-state index is 12.8. The monoisotopic (exact) mass is 388 g/mol. The highest BCUT2D eigenvalue weighted by Gasteiger charge is 2.24. The van der Waals surface area contributed by atoms with Crippen LogP contribution < -0.4 is 14.8 Å². The second kappa shape index (κ2) is 8.78. The molecule has 0 spiro atoms. The van der Waals surface area contributed by atoms with Gasteiger partial charge in [0.25, 0.3) is 5.91 Å². The normalized spacial score (nSPS) is 14.9. The van der Waals surface area contributed by atoms with Gasteiger partial charge in [-0.15, -0.1) is 0 Å². The molecule has 1 unspecified atom stereocenters. The maximum absolute atomic E-state index is 12.8. The minimum absolute atomic E-state index is 0.0516. The highest BCUT2D eigenvalue weighted by molar-refractivity contribution is 5.95. The van der Waals surface area contributed by atoms with Crippen molar-refractivity contribution in [2.24, 2.45) is 0 Å². The Morgan fingerprint density at radius 3 is 2.83 bits per heavy atom. The minimum atomic E-state index is -0.105. The predicted molar refractivity (Wildman–Crippen MR) is 111 cm³/mol. The van der Waals surface area contributed by atoms with E-state index in [9.17, 15) is 4.79 Å². The Balaban J connectivity index is 1.47. The van der Waals surface area contributed by atoms with Crippen LogP contribution in [0.25, 0.3) is 0 Å². The Kier molecular flexibility index (Phi) is 5.75. The number of hydrogen-bond acceptors (Lipinski definition) is 4. The van der Waals surface area contributed by atoms with Crippen LogP contribution in [0, 0.1) is 0 Å². The molecule has 1 aromatic heterocycles. The molecule has 148 valence electrons. The fourth-order valence-corrected chi connectivity index (χ4v) is 3.63. The molecule has 1 N–H and O–H groups in total. The number of nitrogens with zero attached hydrogens (tertiary/aromatic N) is 1. The molecule has 29 heavy (non-hydrogen) atoms. The Morgan fingerprint density at radius 1 is 1.10 bits per heavy atom. The largest absolute Gasteiger partial charge is 0.490 e. The van der Waals surface area contributed by atoms with Crippen LogP contribution in [0.4, 0.5) is 0 Å². The van der Waals surface area contributed by atoms with Gasteiger partial charge >= 0.3 is 0 Å². The van der Waals surface area contributed by atoms with E-state index in [1.807, 2.05) is 31.2 Å². The van der Waals surface area contributed by atoms with Gasteiger partial charge < -0.3 is 14.8 Å². The molecule has 0 aliphatic heterocycles. The van der Waals surface area contributed by atoms with Gasteiger partial charge in [-0.25, -0.2) is 0 Å². The van der Waals surface area contributed by atoms with E-state index in [1.165, 1.54) is 11.1 Å². The first kappa shape index (κ1) is 19.0. The smallest absolute Gasteiger partial charge is 0.251 e. The van der Waals surface area contributed by atoms with Crippen molar-refractivity contribution in [3.8, 4) is 11.5 Å². The average Bonchev–Trinajstić information content (AvgIpc) is 3.16. The molecule has 2 aromatic carbocycles. The average molecular weight is 388 g/mol. The Morgan fingerprint density at radius 2 is 2.00 bits per heavy atom. The Labute approximate surface area is 170 Å². The molecule has 1 atom stereocenters. The zero-order valence-corrected chi connectivity index (χ0v) is 16.4. The van der Waals surface area contributed by atoms with Crippen molar-refractivity contribution in [2.75, 3.05) is 6.61 Å². The van der Waals surface area contributed by atoms with E-state index in [4.69, 9.17) is 9.47 Å². The fraction of sp³-hybridized carbons (Fsp3) is 0.250. The molecule has 4 rings (SSSR count). The summed E-state index contributed by atoms with van der Waals surface area (Å²) in [7, 11) is 0. The Hall–Kier alpha value is -3.34. The van der Waals surface area contributed by atoms with E-state index in [2.05, 4.69) is 22.4 Å². The van der Waals surface area contributed by atoms with Gasteiger partial charge in [-0.05, 0) is 55.2 Å². The predicted octanol–water partition coefficient (Wildman–Crippen LogP) is 4.48. The van der Waals surface area contributed by atoms with E-state index in [0.29, 0.717) is 30.3 Å². The van der Waals surface area contributed by atoms with Crippen molar-refractivity contribution in [1.82, 2.24) is 10.3 Å². The standard InChI is InChI=1S/C24H24N2O3/c1-2-28-23-14-19(10-12-22(23)29-16-17-6-5-13-25-15-17)24(27)26-21-11-9-18-7-3-4-8-20(18)21/h3-8,10,12-15,21H,2,9,11,16H2,1H3,(H,26,27). The second-order valence-corrected chi connectivity index (χ2v) is 7.01. The van der Waals surface area contributed by atoms with Gasteiger partial charge in [0.2, 0.25) is 0 Å². The summed E-state index contributed by atoms with van der Waals surface area (Å²) in [6.45, 7) is 2.79. The zero-order valence-electron chi connectivity index (χ0n) is 16.4. The molecule has 0 bridgehead atoms. The van der Waals surface area contributed by atoms with Crippen LogP contribution in [0.1, 0.15) is 46.4 Å². The lowest BCUT2D eigenvalue weighted by Crippen LogP contribution is -2.27. The summed E-state index contributed by atoms with van der Waals surface area (Å²) in [5, 5.41) is 3.15. The number of rotatable bonds is 7. The van der Waals surface area contributed by atoms with Gasteiger partial charge in [-0.3, -0.25) is 9.78 Å². The molecule has 1 aliphatic rings. The summed E-state index contributed by atoms with van der Waals surface area (Å²) in [5.41, 5.74) is 4.05. The third-order valence-electron chi connectivity index (χ3n) is 5.06. The van der Waals surface area contributed by atoms with Gasteiger partial charge in [-0.2, -0.15) is 0 Å². The molecule has 5 heteroatoms. The molecule has 0 radical (unpaired) electrons. The third-order valence-corrected chi connectivity index (χ3v) is 5.06. The number of pyridine rings is 1. The van der Waals surface area contributed by atoms with Crippen LogP contribution in [0.5, 0.6) is 11.5 Å². The quantitative estimate of drug-likeness (QED) is 0.648. The highest BCUT2D eigenvalue weighted by atomic mass is 16.5. The van der Waals surface area contributed by atoms with Crippen molar-refractivity contribution >= 4 is 5.91 Å². The number of fused-ring (bicyclic) bond motifs is 1. The maximum Gasteiger partial charge on any atom is 0.251 e. The first-order chi connectivity index (χ1) is 14.2. The minimum Gasteiger partial charge on any atom is -0.490 e. The van der Waals surface area contributed by atoms with Crippen molar-refractivity contribution in [2.45, 2.75) is 32.4 Å². The van der Waals surface area contributed by atoms with Gasteiger partial charge in [-0.1, -0.05) is 30.3 Å². The van der Waals surface area contributed by atoms with Crippen LogP contribution in [0.2, 0.25) is 0 Å². The third kappa shape index (κ3) is 4.40. The van der Waals surface area contributed by atoms with E-state index >= 15 is 0 Å². The SMILES string of the molecule is CCOc1cc(C(=O)NC2CCc3ccccc32)ccc1OCc1cccnc1. The summed E-state index contributed by atoms with van der Waals surface area (Å²) in [6.07, 6.45) is 5.41. The number of ether oxygens (including phenoxy) is 2. The van der Waals surface area contributed by atoms with Gasteiger partial charge in [0.1, 0.15) is 6.61 Å². The number of carbonyl (C=O) groups excluding carboxylic acids is 1. The summed E-state index contributed by atoms with van der Waals surface area (Å²) >= 11 is 0. The Bertz CT molecular complexity index is 988. The zero-order chi connectivity index (χ0) is 20.1. The number of aryl methyl sites for hydroxylation is 1. The van der Waals surface area contributed by atoms with Gasteiger partial charge in [0.05, 0.1) is 12.6 Å². The molecule has 1 aliphatic carbocycles. The molecule has 0 saturated heterocycles. The first-order valence-electron chi connectivity index (χ1n) is 9.92. The summed E-state index contributed by atoms with van der Waals surface area (Å²) in [5.74, 6) is 1.07. The number of aromatic nitrogens is 1. The van der Waals surface area contributed by atoms with Crippen LogP contribution in [0.15, 0.2) is 67.0 Å². The van der Waals surface area contributed by atoms with Crippen molar-refractivity contribution in [3.05, 3.63) is 89.2 Å². The fourth-order valence-electron chi connectivity index (χ4n) is 3.63. The van der Waals surface area contributed by atoms with Crippen LogP contribution in [-0.2, 0) is 13.0 Å². The van der Waals surface area contributed by atoms with Crippen LogP contribution in [-0.4, -0.2) is 17.5 Å². The lowest BCUT2D eigenvalue weighted by Gasteiger charge is -2.16. The number of benzene rings is 2. The lowest BCUT2D eigenvalue weighted by molar-refractivity contribution is 0.0936. The number of carbonyl (C=O) groups is 1. The van der Waals surface area contributed by atoms with Crippen LogP contribution >= 0.6 is 0 Å². The summed E-state index contributed by atoms with van der Waals surface area (Å²) in [4.78, 5) is 16.9. The number of nitrogens with one attached hydrogen (secondary N) is 1.